The van der Waals surface area contributed by atoms with Gasteiger partial charge in [0.2, 0.25) is 0 Å². The molecule has 0 aromatic heterocycles. The van der Waals surface area contributed by atoms with Gasteiger partial charge < -0.3 is 15.2 Å². The molecule has 0 heterocycles. The van der Waals surface area contributed by atoms with Crippen LogP contribution in [0.3, 0.4) is 0 Å². The quantitative estimate of drug-likeness (QED) is 0.755. The Morgan fingerprint density at radius 1 is 1.24 bits per heavy atom. The van der Waals surface area contributed by atoms with Gasteiger partial charge in [-0.2, -0.15) is 0 Å². The summed E-state index contributed by atoms with van der Waals surface area (Å²) in [4.78, 5) is 22.8. The molecule has 0 aliphatic heterocycles. The molecule has 0 saturated carbocycles. The smallest absolute Gasteiger partial charge is 0.307 e. The van der Waals surface area contributed by atoms with Crippen molar-refractivity contribution in [3.8, 4) is 0 Å². The Morgan fingerprint density at radius 2 is 1.86 bits per heavy atom. The van der Waals surface area contributed by atoms with Gasteiger partial charge in [0.05, 0.1) is 19.6 Å². The number of methoxy groups -OCH3 is 1. The van der Waals surface area contributed by atoms with Crippen LogP contribution in [0.25, 0.3) is 0 Å². The molecular formula is C16H23NO4. The van der Waals surface area contributed by atoms with Crippen LogP contribution in [0.2, 0.25) is 0 Å². The number of carbonyl (C=O) groups excluding carboxylic acids is 2. The van der Waals surface area contributed by atoms with E-state index >= 15 is 0 Å². The predicted molar refractivity (Wildman–Crippen MR) is 79.8 cm³/mol. The molecule has 1 amide bonds. The summed E-state index contributed by atoms with van der Waals surface area (Å²) in [6, 6.07) is 6.85. The lowest BCUT2D eigenvalue weighted by molar-refractivity contribution is -0.140. The summed E-state index contributed by atoms with van der Waals surface area (Å²) in [6.07, 6.45) is 0.319. The fourth-order valence-corrected chi connectivity index (χ4v) is 1.92. The zero-order valence-corrected chi connectivity index (χ0v) is 12.8. The topological polar surface area (TPSA) is 75.6 Å². The van der Waals surface area contributed by atoms with Crippen molar-refractivity contribution in [1.29, 1.82) is 0 Å². The summed E-state index contributed by atoms with van der Waals surface area (Å²) in [5.74, 6) is -0.201. The molecule has 0 saturated heterocycles. The molecule has 0 aliphatic carbocycles. The number of benzene rings is 1. The highest BCUT2D eigenvalue weighted by Crippen LogP contribution is 2.21. The first-order chi connectivity index (χ1) is 9.93. The van der Waals surface area contributed by atoms with Crippen LogP contribution in [0.1, 0.15) is 48.7 Å². The Morgan fingerprint density at radius 3 is 2.38 bits per heavy atom. The molecule has 1 unspecified atom stereocenters. The van der Waals surface area contributed by atoms with E-state index in [9.17, 15) is 14.7 Å². The molecule has 0 bridgehead atoms. The molecule has 5 nitrogen and oxygen atoms in total. The molecular weight excluding hydrogens is 270 g/mol. The van der Waals surface area contributed by atoms with Crippen LogP contribution in [-0.2, 0) is 9.53 Å². The molecule has 2 N–H and O–H groups in total. The Kier molecular flexibility index (Phi) is 6.88. The third-order valence-electron chi connectivity index (χ3n) is 3.09. The Balaban J connectivity index is 2.53. The van der Waals surface area contributed by atoms with Gasteiger partial charge in [0.25, 0.3) is 5.91 Å². The van der Waals surface area contributed by atoms with E-state index in [2.05, 4.69) is 10.1 Å². The Hall–Kier alpha value is -1.88. The molecule has 1 atom stereocenters. The first-order valence-corrected chi connectivity index (χ1v) is 7.07. The van der Waals surface area contributed by atoms with E-state index in [0.29, 0.717) is 17.9 Å². The normalized spacial score (nSPS) is 12.0. The number of aliphatic hydroxyl groups excluding tert-OH is 1. The summed E-state index contributed by atoms with van der Waals surface area (Å²) in [7, 11) is 1.31. The van der Waals surface area contributed by atoms with Crippen molar-refractivity contribution < 1.29 is 19.4 Å². The number of rotatable bonds is 7. The van der Waals surface area contributed by atoms with E-state index in [1.54, 1.807) is 24.3 Å². The van der Waals surface area contributed by atoms with Crippen molar-refractivity contribution in [3.63, 3.8) is 0 Å². The largest absolute Gasteiger partial charge is 0.469 e. The minimum Gasteiger partial charge on any atom is -0.469 e. The maximum Gasteiger partial charge on any atom is 0.307 e. The zero-order valence-electron chi connectivity index (χ0n) is 12.8. The van der Waals surface area contributed by atoms with Gasteiger partial charge in [-0.05, 0) is 30.0 Å². The molecule has 0 fully saturated rings. The maximum atomic E-state index is 11.8. The van der Waals surface area contributed by atoms with Crippen LogP contribution in [0.5, 0.6) is 0 Å². The first-order valence-electron chi connectivity index (χ1n) is 7.07. The third-order valence-corrected chi connectivity index (χ3v) is 3.09. The van der Waals surface area contributed by atoms with Gasteiger partial charge in [0, 0.05) is 12.1 Å². The van der Waals surface area contributed by atoms with Crippen molar-refractivity contribution in [2.45, 2.75) is 32.8 Å². The molecule has 0 spiro atoms. The number of carbonyl (C=O) groups is 2. The highest BCUT2D eigenvalue weighted by molar-refractivity contribution is 5.94. The van der Waals surface area contributed by atoms with Crippen molar-refractivity contribution in [1.82, 2.24) is 5.32 Å². The zero-order chi connectivity index (χ0) is 15.8. The number of ether oxygens (including phenoxy) is 1. The lowest BCUT2D eigenvalue weighted by Gasteiger charge is -2.13. The Labute approximate surface area is 125 Å². The third kappa shape index (κ3) is 5.95. The highest BCUT2D eigenvalue weighted by Gasteiger charge is 2.11. The van der Waals surface area contributed by atoms with Crippen molar-refractivity contribution in [2.75, 3.05) is 13.7 Å². The Bertz CT molecular complexity index is 468. The average Bonchev–Trinajstić information content (AvgIpc) is 2.46. The summed E-state index contributed by atoms with van der Waals surface area (Å²) in [6.45, 7) is 4.34. The minimum atomic E-state index is -0.513. The lowest BCUT2D eigenvalue weighted by Crippen LogP contribution is -2.26. The summed E-state index contributed by atoms with van der Waals surface area (Å²) >= 11 is 0. The number of aliphatic hydroxyl groups is 1. The average molecular weight is 293 g/mol. The monoisotopic (exact) mass is 293 g/mol. The van der Waals surface area contributed by atoms with Crippen LogP contribution < -0.4 is 5.32 Å². The fraction of sp³-hybridized carbons (Fsp3) is 0.500. The van der Waals surface area contributed by atoms with Crippen molar-refractivity contribution >= 4 is 11.9 Å². The summed E-state index contributed by atoms with van der Waals surface area (Å²) < 4.78 is 4.49. The van der Waals surface area contributed by atoms with Gasteiger partial charge in [-0.3, -0.25) is 9.59 Å². The second kappa shape index (κ2) is 8.42. The second-order valence-corrected chi connectivity index (χ2v) is 5.35. The van der Waals surface area contributed by atoms with Crippen LogP contribution in [0.15, 0.2) is 24.3 Å². The molecule has 5 heteroatoms. The number of amides is 1. The first kappa shape index (κ1) is 17.2. The van der Waals surface area contributed by atoms with E-state index in [1.165, 1.54) is 7.11 Å². The van der Waals surface area contributed by atoms with Gasteiger partial charge >= 0.3 is 5.97 Å². The van der Waals surface area contributed by atoms with Crippen LogP contribution >= 0.6 is 0 Å². The standard InChI is InChI=1S/C16H23NO4/c1-11(2)10-14(18)12-4-6-13(7-5-12)16(20)17-9-8-15(19)21-3/h4-7,11,14,18H,8-10H2,1-3H3,(H,17,20). The highest BCUT2D eigenvalue weighted by atomic mass is 16.5. The van der Waals surface area contributed by atoms with Gasteiger partial charge in [-0.1, -0.05) is 26.0 Å². The summed E-state index contributed by atoms with van der Waals surface area (Å²) in [5, 5.41) is 12.6. The molecule has 116 valence electrons. The van der Waals surface area contributed by atoms with Crippen molar-refractivity contribution in [2.24, 2.45) is 5.92 Å². The summed E-state index contributed by atoms with van der Waals surface area (Å²) in [5.41, 5.74) is 1.30. The number of hydrogen-bond acceptors (Lipinski definition) is 4. The van der Waals surface area contributed by atoms with Gasteiger partial charge in [0.1, 0.15) is 0 Å². The van der Waals surface area contributed by atoms with Crippen LogP contribution in [-0.4, -0.2) is 30.6 Å². The van der Waals surface area contributed by atoms with E-state index in [4.69, 9.17) is 0 Å². The number of nitrogens with one attached hydrogen (secondary N) is 1. The molecule has 0 aliphatic rings. The molecule has 0 radical (unpaired) electrons. The van der Waals surface area contributed by atoms with E-state index < -0.39 is 6.10 Å². The van der Waals surface area contributed by atoms with Crippen LogP contribution in [0.4, 0.5) is 0 Å². The number of hydrogen-bond donors (Lipinski definition) is 2. The van der Waals surface area contributed by atoms with E-state index in [0.717, 1.165) is 5.56 Å². The molecule has 1 rings (SSSR count). The molecule has 21 heavy (non-hydrogen) atoms. The maximum absolute atomic E-state index is 11.8. The second-order valence-electron chi connectivity index (χ2n) is 5.35. The lowest BCUT2D eigenvalue weighted by atomic mass is 9.99. The SMILES string of the molecule is COC(=O)CCNC(=O)c1ccc(C(O)CC(C)C)cc1. The fourth-order valence-electron chi connectivity index (χ4n) is 1.92. The number of esters is 1. The minimum absolute atomic E-state index is 0.146. The van der Waals surface area contributed by atoms with Gasteiger partial charge in [-0.25, -0.2) is 0 Å². The van der Waals surface area contributed by atoms with Gasteiger partial charge in [0.15, 0.2) is 0 Å². The van der Waals surface area contributed by atoms with E-state index in [1.807, 2.05) is 13.8 Å². The molecule has 1 aromatic rings. The predicted octanol–water partition coefficient (Wildman–Crippen LogP) is 2.06. The van der Waals surface area contributed by atoms with Gasteiger partial charge in [-0.15, -0.1) is 0 Å². The molecule has 1 aromatic carbocycles. The van der Waals surface area contributed by atoms with Crippen LogP contribution in [0, 0.1) is 5.92 Å². The van der Waals surface area contributed by atoms with E-state index in [-0.39, 0.29) is 24.8 Å². The van der Waals surface area contributed by atoms with Crippen molar-refractivity contribution in [3.05, 3.63) is 35.4 Å².